The van der Waals surface area contributed by atoms with Gasteiger partial charge < -0.3 is 9.15 Å². The van der Waals surface area contributed by atoms with Crippen LogP contribution in [0.3, 0.4) is 0 Å². The summed E-state index contributed by atoms with van der Waals surface area (Å²) in [6.07, 6.45) is 0. The zero-order valence-electron chi connectivity index (χ0n) is 11.4. The summed E-state index contributed by atoms with van der Waals surface area (Å²) >= 11 is 0. The Kier molecular flexibility index (Phi) is 3.57. The second kappa shape index (κ2) is 5.69. The maximum atomic E-state index is 12.1. The zero-order chi connectivity index (χ0) is 15.5. The summed E-state index contributed by atoms with van der Waals surface area (Å²) in [6.45, 7) is -0.645. The Morgan fingerprint density at radius 1 is 1.09 bits per heavy atom. The van der Waals surface area contributed by atoms with E-state index in [0.29, 0.717) is 16.7 Å². The van der Waals surface area contributed by atoms with Crippen molar-refractivity contribution < 1.29 is 14.1 Å². The molecule has 0 fully saturated rings. The highest BCUT2D eigenvalue weighted by Crippen LogP contribution is 2.24. The van der Waals surface area contributed by atoms with E-state index >= 15 is 0 Å². The second-order valence-electron chi connectivity index (χ2n) is 4.61. The van der Waals surface area contributed by atoms with Gasteiger partial charge in [-0.3, -0.25) is 14.9 Å². The van der Waals surface area contributed by atoms with E-state index in [2.05, 4.69) is 0 Å². The Labute approximate surface area is 124 Å². The van der Waals surface area contributed by atoms with Crippen LogP contribution in [-0.2, 0) is 0 Å². The van der Waals surface area contributed by atoms with Gasteiger partial charge in [0.2, 0.25) is 0 Å². The highest BCUT2D eigenvalue weighted by molar-refractivity contribution is 5.80. The minimum Gasteiger partial charge on any atom is -0.456 e. The molecule has 0 aliphatic heterocycles. The fourth-order valence-corrected chi connectivity index (χ4v) is 2.10. The fourth-order valence-electron chi connectivity index (χ4n) is 2.10. The van der Waals surface area contributed by atoms with Crippen LogP contribution in [0.25, 0.3) is 22.3 Å². The van der Waals surface area contributed by atoms with Crippen LogP contribution < -0.4 is 10.2 Å². The molecule has 1 heterocycles. The van der Waals surface area contributed by atoms with E-state index < -0.39 is 11.7 Å². The first-order chi connectivity index (χ1) is 10.6. The first-order valence-electron chi connectivity index (χ1n) is 6.51. The molecule has 6 heteroatoms. The van der Waals surface area contributed by atoms with Crippen molar-refractivity contribution in [1.29, 1.82) is 0 Å². The van der Waals surface area contributed by atoms with Crippen molar-refractivity contribution in [2.24, 2.45) is 0 Å². The largest absolute Gasteiger partial charge is 0.456 e. The molecule has 110 valence electrons. The van der Waals surface area contributed by atoms with Crippen molar-refractivity contribution in [1.82, 2.24) is 0 Å². The number of rotatable bonds is 4. The van der Waals surface area contributed by atoms with E-state index in [1.54, 1.807) is 0 Å². The lowest BCUT2D eigenvalue weighted by molar-refractivity contribution is -0.514. The summed E-state index contributed by atoms with van der Waals surface area (Å²) in [5, 5.41) is 10.7. The number of nitrogens with zero attached hydrogens (tertiary/aromatic N) is 1. The topological polar surface area (TPSA) is 82.6 Å². The minimum atomic E-state index is -0.645. The molecule has 3 rings (SSSR count). The average molecular weight is 297 g/mol. The van der Waals surface area contributed by atoms with Crippen molar-refractivity contribution >= 4 is 11.0 Å². The Morgan fingerprint density at radius 3 is 2.59 bits per heavy atom. The molecule has 2 aromatic carbocycles. The third-order valence-electron chi connectivity index (χ3n) is 3.10. The van der Waals surface area contributed by atoms with Gasteiger partial charge in [0.25, 0.3) is 0 Å². The monoisotopic (exact) mass is 297 g/mol. The zero-order valence-corrected chi connectivity index (χ0v) is 11.4. The SMILES string of the molecule is O=c1cc(-c2ccccc2)oc2cc(OC[N+](=O)[O-])ccc12. The van der Waals surface area contributed by atoms with Crippen molar-refractivity contribution in [3.63, 3.8) is 0 Å². The molecule has 0 unspecified atom stereocenters. The van der Waals surface area contributed by atoms with Gasteiger partial charge in [0.1, 0.15) is 17.1 Å². The molecule has 0 aliphatic carbocycles. The number of ether oxygens (including phenoxy) is 1. The molecule has 22 heavy (non-hydrogen) atoms. The summed E-state index contributed by atoms with van der Waals surface area (Å²) < 4.78 is 10.7. The van der Waals surface area contributed by atoms with Gasteiger partial charge in [0.15, 0.2) is 5.43 Å². The summed E-state index contributed by atoms with van der Waals surface area (Å²) in [5.41, 5.74) is 0.922. The van der Waals surface area contributed by atoms with Crippen molar-refractivity contribution in [3.05, 3.63) is 74.9 Å². The van der Waals surface area contributed by atoms with Gasteiger partial charge in [-0.2, -0.15) is 0 Å². The van der Waals surface area contributed by atoms with E-state index in [0.717, 1.165) is 5.56 Å². The Hall–Kier alpha value is -3.15. The summed E-state index contributed by atoms with van der Waals surface area (Å²) in [7, 11) is 0. The molecule has 0 amide bonds. The smallest absolute Gasteiger partial charge is 0.344 e. The van der Waals surface area contributed by atoms with E-state index in [1.165, 1.54) is 24.3 Å². The van der Waals surface area contributed by atoms with E-state index in [4.69, 9.17) is 9.15 Å². The molecule has 0 N–H and O–H groups in total. The number of benzene rings is 2. The number of fused-ring (bicyclic) bond motifs is 1. The van der Waals surface area contributed by atoms with E-state index in [-0.39, 0.29) is 11.2 Å². The predicted octanol–water partition coefficient (Wildman–Crippen LogP) is 3.07. The van der Waals surface area contributed by atoms with Gasteiger partial charge >= 0.3 is 6.73 Å². The van der Waals surface area contributed by atoms with E-state index in [9.17, 15) is 14.9 Å². The van der Waals surface area contributed by atoms with Crippen LogP contribution in [0.5, 0.6) is 5.75 Å². The highest BCUT2D eigenvalue weighted by Gasteiger charge is 2.09. The van der Waals surface area contributed by atoms with Crippen molar-refractivity contribution in [2.75, 3.05) is 6.73 Å². The van der Waals surface area contributed by atoms with Crippen LogP contribution in [0.4, 0.5) is 0 Å². The van der Waals surface area contributed by atoms with Gasteiger partial charge in [-0.15, -0.1) is 0 Å². The van der Waals surface area contributed by atoms with Gasteiger partial charge in [-0.05, 0) is 12.1 Å². The molecule has 0 saturated heterocycles. The number of hydrogen-bond acceptors (Lipinski definition) is 5. The standard InChI is InChI=1S/C16H11NO5/c18-14-9-15(11-4-2-1-3-5-11)22-16-8-12(6-7-13(14)16)21-10-17(19)20/h1-9H,10H2. The van der Waals surface area contributed by atoms with Crippen LogP contribution in [-0.4, -0.2) is 11.7 Å². The van der Waals surface area contributed by atoms with Crippen LogP contribution in [0.15, 0.2) is 63.8 Å². The Morgan fingerprint density at radius 2 is 1.86 bits per heavy atom. The lowest BCUT2D eigenvalue weighted by Gasteiger charge is -2.05. The Bertz CT molecular complexity index is 886. The van der Waals surface area contributed by atoms with Crippen molar-refractivity contribution in [2.45, 2.75) is 0 Å². The third kappa shape index (κ3) is 2.80. The minimum absolute atomic E-state index is 0.180. The van der Waals surface area contributed by atoms with Gasteiger partial charge in [-0.1, -0.05) is 30.3 Å². The lowest BCUT2D eigenvalue weighted by Crippen LogP contribution is -2.08. The fraction of sp³-hybridized carbons (Fsp3) is 0.0625. The third-order valence-corrected chi connectivity index (χ3v) is 3.10. The first-order valence-corrected chi connectivity index (χ1v) is 6.51. The second-order valence-corrected chi connectivity index (χ2v) is 4.61. The molecule has 0 aliphatic rings. The number of hydrogen-bond donors (Lipinski definition) is 0. The summed E-state index contributed by atoms with van der Waals surface area (Å²) in [6, 6.07) is 15.2. The lowest BCUT2D eigenvalue weighted by atomic mass is 10.1. The van der Waals surface area contributed by atoms with Gasteiger partial charge in [0.05, 0.1) is 10.3 Å². The first kappa shape index (κ1) is 13.8. The predicted molar refractivity (Wildman–Crippen MR) is 80.4 cm³/mol. The molecule has 0 bridgehead atoms. The average Bonchev–Trinajstić information content (AvgIpc) is 2.53. The molecule has 0 radical (unpaired) electrons. The molecule has 0 atom stereocenters. The highest BCUT2D eigenvalue weighted by atomic mass is 16.7. The van der Waals surface area contributed by atoms with Crippen molar-refractivity contribution in [3.8, 4) is 17.1 Å². The van der Waals surface area contributed by atoms with E-state index in [1.807, 2.05) is 30.3 Å². The molecule has 6 nitrogen and oxygen atoms in total. The quantitative estimate of drug-likeness (QED) is 0.420. The molecule has 1 aromatic heterocycles. The van der Waals surface area contributed by atoms with Gasteiger partial charge in [0, 0.05) is 17.7 Å². The molecule has 0 saturated carbocycles. The normalized spacial score (nSPS) is 10.5. The molecule has 3 aromatic rings. The molecule has 0 spiro atoms. The summed E-state index contributed by atoms with van der Waals surface area (Å²) in [5.74, 6) is 0.710. The Balaban J connectivity index is 2.07. The summed E-state index contributed by atoms with van der Waals surface area (Å²) in [4.78, 5) is 21.9. The van der Waals surface area contributed by atoms with Crippen LogP contribution in [0.1, 0.15) is 0 Å². The van der Waals surface area contributed by atoms with Crippen LogP contribution in [0, 0.1) is 10.1 Å². The van der Waals surface area contributed by atoms with Crippen LogP contribution in [0.2, 0.25) is 0 Å². The van der Waals surface area contributed by atoms with Gasteiger partial charge in [-0.25, -0.2) is 0 Å². The number of nitro groups is 1. The molecular formula is C16H11NO5. The molecular weight excluding hydrogens is 286 g/mol. The maximum absolute atomic E-state index is 12.1. The van der Waals surface area contributed by atoms with Crippen LogP contribution >= 0.6 is 0 Å². The maximum Gasteiger partial charge on any atom is 0.344 e.